The number of carbonyl (C=O) groups excluding carboxylic acids is 1. The number of benzene rings is 1. The summed E-state index contributed by atoms with van der Waals surface area (Å²) in [4.78, 5) is 17.9. The molecule has 2 aromatic rings. The summed E-state index contributed by atoms with van der Waals surface area (Å²) in [5.74, 6) is 0.250. The Morgan fingerprint density at radius 1 is 1.27 bits per heavy atom. The smallest absolute Gasteiger partial charge is 0.343 e. The molecule has 2 heterocycles. The molecule has 116 valence electrons. The molecule has 1 aliphatic rings. The second-order valence-electron chi connectivity index (χ2n) is 5.10. The highest BCUT2D eigenvalue weighted by Gasteiger charge is 2.32. The molecule has 0 saturated carbocycles. The van der Waals surface area contributed by atoms with Crippen molar-refractivity contribution in [2.45, 2.75) is 18.5 Å². The zero-order valence-electron chi connectivity index (χ0n) is 11.4. The van der Waals surface area contributed by atoms with Gasteiger partial charge in [0.1, 0.15) is 0 Å². The van der Waals surface area contributed by atoms with Crippen LogP contribution in [0.25, 0.3) is 0 Å². The quantitative estimate of drug-likeness (QED) is 0.855. The summed E-state index contributed by atoms with van der Waals surface area (Å²) in [7, 11) is 0. The lowest BCUT2D eigenvalue weighted by atomic mass is 10.1. The maximum Gasteiger partial charge on any atom is 0.416 e. The first-order chi connectivity index (χ1) is 10.4. The van der Waals surface area contributed by atoms with Crippen LogP contribution in [0.3, 0.4) is 0 Å². The van der Waals surface area contributed by atoms with E-state index in [4.69, 9.17) is 0 Å². The van der Waals surface area contributed by atoms with Gasteiger partial charge in [-0.25, -0.2) is 0 Å². The van der Waals surface area contributed by atoms with Crippen molar-refractivity contribution in [3.63, 3.8) is 0 Å². The lowest BCUT2D eigenvalue weighted by Gasteiger charge is -2.16. The molecule has 22 heavy (non-hydrogen) atoms. The number of halogens is 3. The third-order valence-electron chi connectivity index (χ3n) is 3.68. The molecule has 0 aliphatic carbocycles. The van der Waals surface area contributed by atoms with Crippen molar-refractivity contribution in [2.24, 2.45) is 0 Å². The van der Waals surface area contributed by atoms with Gasteiger partial charge in [0.2, 0.25) is 6.39 Å². The van der Waals surface area contributed by atoms with E-state index in [2.05, 4.69) is 14.7 Å². The topological polar surface area (TPSA) is 59.2 Å². The molecule has 3 rings (SSSR count). The van der Waals surface area contributed by atoms with Crippen LogP contribution in [0.5, 0.6) is 0 Å². The molecule has 0 radical (unpaired) electrons. The second kappa shape index (κ2) is 5.43. The van der Waals surface area contributed by atoms with Crippen molar-refractivity contribution in [3.05, 3.63) is 47.6 Å². The van der Waals surface area contributed by atoms with Gasteiger partial charge in [-0.2, -0.15) is 18.2 Å². The minimum atomic E-state index is -4.40. The molecule has 1 saturated heterocycles. The monoisotopic (exact) mass is 311 g/mol. The van der Waals surface area contributed by atoms with Gasteiger partial charge in [-0.1, -0.05) is 5.16 Å². The Balaban J connectivity index is 1.70. The molecule has 1 aliphatic heterocycles. The van der Waals surface area contributed by atoms with E-state index < -0.39 is 11.7 Å². The SMILES string of the molecule is O=C(c1ccc(C(F)(F)F)cc1)N1CC[C@@H](c2ncon2)C1. The summed E-state index contributed by atoms with van der Waals surface area (Å²) >= 11 is 0. The third kappa shape index (κ3) is 2.81. The molecule has 0 N–H and O–H groups in total. The van der Waals surface area contributed by atoms with E-state index >= 15 is 0 Å². The molecule has 0 spiro atoms. The molecule has 5 nitrogen and oxygen atoms in total. The number of rotatable bonds is 2. The van der Waals surface area contributed by atoms with E-state index in [1.165, 1.54) is 18.5 Å². The lowest BCUT2D eigenvalue weighted by Crippen LogP contribution is -2.28. The maximum absolute atomic E-state index is 12.5. The number of amides is 1. The predicted molar refractivity (Wildman–Crippen MR) is 69.0 cm³/mol. The number of hydrogen-bond acceptors (Lipinski definition) is 4. The van der Waals surface area contributed by atoms with E-state index in [1.807, 2.05) is 0 Å². The van der Waals surface area contributed by atoms with Crippen LogP contribution in [0.4, 0.5) is 13.2 Å². The number of nitrogens with zero attached hydrogens (tertiary/aromatic N) is 3. The molecule has 0 bridgehead atoms. The average Bonchev–Trinajstić information content (AvgIpc) is 3.16. The summed E-state index contributed by atoms with van der Waals surface area (Å²) in [6, 6.07) is 4.24. The van der Waals surface area contributed by atoms with E-state index in [0.29, 0.717) is 25.3 Å². The second-order valence-corrected chi connectivity index (χ2v) is 5.10. The molecule has 1 atom stereocenters. The first kappa shape index (κ1) is 14.6. The van der Waals surface area contributed by atoms with Gasteiger partial charge in [-0.15, -0.1) is 0 Å². The third-order valence-corrected chi connectivity index (χ3v) is 3.68. The largest absolute Gasteiger partial charge is 0.416 e. The van der Waals surface area contributed by atoms with E-state index in [1.54, 1.807) is 4.90 Å². The van der Waals surface area contributed by atoms with Crippen molar-refractivity contribution in [2.75, 3.05) is 13.1 Å². The van der Waals surface area contributed by atoms with Crippen LogP contribution in [0.2, 0.25) is 0 Å². The fourth-order valence-electron chi connectivity index (χ4n) is 2.50. The van der Waals surface area contributed by atoms with E-state index in [9.17, 15) is 18.0 Å². The number of likely N-dealkylation sites (tertiary alicyclic amines) is 1. The van der Waals surface area contributed by atoms with Crippen LogP contribution in [-0.4, -0.2) is 34.0 Å². The number of hydrogen-bond donors (Lipinski definition) is 0. The zero-order valence-corrected chi connectivity index (χ0v) is 11.4. The van der Waals surface area contributed by atoms with Crippen molar-refractivity contribution < 1.29 is 22.5 Å². The van der Waals surface area contributed by atoms with E-state index in [0.717, 1.165) is 12.1 Å². The van der Waals surface area contributed by atoms with E-state index in [-0.39, 0.29) is 17.4 Å². The van der Waals surface area contributed by atoms with Crippen LogP contribution < -0.4 is 0 Å². The number of carbonyl (C=O) groups is 1. The van der Waals surface area contributed by atoms with Crippen LogP contribution in [0, 0.1) is 0 Å². The molecule has 1 amide bonds. The normalized spacial score (nSPS) is 18.7. The molecule has 1 aromatic heterocycles. The summed E-state index contributed by atoms with van der Waals surface area (Å²) in [6.45, 7) is 0.943. The average molecular weight is 311 g/mol. The van der Waals surface area contributed by atoms with Gasteiger partial charge in [-0.3, -0.25) is 4.79 Å². The molecular formula is C14H12F3N3O2. The van der Waals surface area contributed by atoms with Crippen LogP contribution in [-0.2, 0) is 6.18 Å². The first-order valence-corrected chi connectivity index (χ1v) is 6.68. The Hall–Kier alpha value is -2.38. The Kier molecular flexibility index (Phi) is 3.59. The molecule has 1 aromatic carbocycles. The highest BCUT2D eigenvalue weighted by molar-refractivity contribution is 5.94. The highest BCUT2D eigenvalue weighted by atomic mass is 19.4. The molecule has 1 fully saturated rings. The lowest BCUT2D eigenvalue weighted by molar-refractivity contribution is -0.137. The van der Waals surface area contributed by atoms with Crippen LogP contribution in [0.1, 0.15) is 34.1 Å². The zero-order chi connectivity index (χ0) is 15.7. The van der Waals surface area contributed by atoms with Gasteiger partial charge < -0.3 is 9.42 Å². The summed E-state index contributed by atoms with van der Waals surface area (Å²) in [5.41, 5.74) is -0.531. The standard InChI is InChI=1S/C14H12F3N3O2/c15-14(16,17)11-3-1-9(2-4-11)13(21)20-6-5-10(7-20)12-18-8-22-19-12/h1-4,8,10H,5-7H2/t10-/m1/s1. The van der Waals surface area contributed by atoms with Gasteiger partial charge in [-0.05, 0) is 30.7 Å². The van der Waals surface area contributed by atoms with Crippen molar-refractivity contribution in [1.29, 1.82) is 0 Å². The first-order valence-electron chi connectivity index (χ1n) is 6.68. The Bertz CT molecular complexity index is 653. The summed E-state index contributed by atoms with van der Waals surface area (Å²) in [5, 5.41) is 3.75. The Morgan fingerprint density at radius 2 is 2.00 bits per heavy atom. The fraction of sp³-hybridized carbons (Fsp3) is 0.357. The minimum Gasteiger partial charge on any atom is -0.343 e. The Morgan fingerprint density at radius 3 is 2.59 bits per heavy atom. The van der Waals surface area contributed by atoms with Gasteiger partial charge >= 0.3 is 6.18 Å². The Labute approximate surface area is 123 Å². The summed E-state index contributed by atoms with van der Waals surface area (Å²) in [6.07, 6.45) is -2.47. The predicted octanol–water partition coefficient (Wildman–Crippen LogP) is 2.72. The van der Waals surface area contributed by atoms with Gasteiger partial charge in [0.05, 0.1) is 5.56 Å². The van der Waals surface area contributed by atoms with Gasteiger partial charge in [0.15, 0.2) is 5.82 Å². The minimum absolute atomic E-state index is 0.00264. The van der Waals surface area contributed by atoms with Crippen molar-refractivity contribution in [3.8, 4) is 0 Å². The van der Waals surface area contributed by atoms with Gasteiger partial charge in [0.25, 0.3) is 5.91 Å². The van der Waals surface area contributed by atoms with Crippen molar-refractivity contribution >= 4 is 5.91 Å². The van der Waals surface area contributed by atoms with Crippen LogP contribution in [0.15, 0.2) is 35.2 Å². The molecular weight excluding hydrogens is 299 g/mol. The maximum atomic E-state index is 12.5. The number of alkyl halides is 3. The highest BCUT2D eigenvalue weighted by Crippen LogP contribution is 2.30. The fourth-order valence-corrected chi connectivity index (χ4v) is 2.50. The summed E-state index contributed by atoms with van der Waals surface area (Å²) < 4.78 is 42.2. The van der Waals surface area contributed by atoms with Crippen LogP contribution >= 0.6 is 0 Å². The molecule has 8 heteroatoms. The van der Waals surface area contributed by atoms with Crippen molar-refractivity contribution in [1.82, 2.24) is 15.0 Å². The number of aromatic nitrogens is 2. The van der Waals surface area contributed by atoms with Gasteiger partial charge in [0, 0.05) is 24.6 Å². The molecule has 0 unspecified atom stereocenters.